The minimum atomic E-state index is -0.635. The molecule has 0 unspecified atom stereocenters. The molecule has 0 spiro atoms. The van der Waals surface area contributed by atoms with Gasteiger partial charge in [0.25, 0.3) is 0 Å². The van der Waals surface area contributed by atoms with Crippen molar-refractivity contribution in [2.75, 3.05) is 6.61 Å². The Bertz CT molecular complexity index is 855. The number of hydrogen-bond donors (Lipinski definition) is 0. The summed E-state index contributed by atoms with van der Waals surface area (Å²) in [6.07, 6.45) is 7.84. The first kappa shape index (κ1) is 19.6. The van der Waals surface area contributed by atoms with E-state index in [1.54, 1.807) is 6.20 Å². The summed E-state index contributed by atoms with van der Waals surface area (Å²) in [7, 11) is 0. The molecule has 2 aromatic rings. The number of hydrogen-bond acceptors (Lipinski definition) is 4. The van der Waals surface area contributed by atoms with E-state index < -0.39 is 5.41 Å². The summed E-state index contributed by atoms with van der Waals surface area (Å²) < 4.78 is 5.53. The Kier molecular flexibility index (Phi) is 5.65. The number of carbonyl (C=O) groups is 2. The molecular formula is C24H28N2O3. The lowest BCUT2D eigenvalue weighted by molar-refractivity contribution is -0.158. The molecule has 0 saturated carbocycles. The third-order valence-corrected chi connectivity index (χ3v) is 6.42. The Labute approximate surface area is 172 Å². The van der Waals surface area contributed by atoms with Gasteiger partial charge in [0.2, 0.25) is 5.91 Å². The number of aryl methyl sites for hydroxylation is 1. The molecule has 0 aliphatic carbocycles. The number of rotatable bonds is 7. The van der Waals surface area contributed by atoms with E-state index in [2.05, 4.69) is 17.1 Å². The van der Waals surface area contributed by atoms with E-state index in [1.165, 1.54) is 0 Å². The van der Waals surface area contributed by atoms with Crippen LogP contribution in [0, 0.1) is 5.41 Å². The summed E-state index contributed by atoms with van der Waals surface area (Å²) in [4.78, 5) is 32.4. The molecule has 3 heterocycles. The zero-order valence-electron chi connectivity index (χ0n) is 16.9. The van der Waals surface area contributed by atoms with Gasteiger partial charge in [0, 0.05) is 30.9 Å². The van der Waals surface area contributed by atoms with Gasteiger partial charge in [-0.2, -0.15) is 0 Å². The van der Waals surface area contributed by atoms with Gasteiger partial charge >= 0.3 is 5.97 Å². The van der Waals surface area contributed by atoms with Gasteiger partial charge in [-0.05, 0) is 56.2 Å². The molecule has 2 bridgehead atoms. The van der Waals surface area contributed by atoms with Crippen LogP contribution in [0.2, 0.25) is 0 Å². The molecule has 1 amide bonds. The van der Waals surface area contributed by atoms with E-state index >= 15 is 0 Å². The number of aromatic nitrogens is 1. The van der Waals surface area contributed by atoms with E-state index in [4.69, 9.17) is 4.74 Å². The predicted molar refractivity (Wildman–Crippen MR) is 110 cm³/mol. The van der Waals surface area contributed by atoms with Crippen molar-refractivity contribution in [3.05, 3.63) is 66.0 Å². The maximum atomic E-state index is 13.2. The van der Waals surface area contributed by atoms with Gasteiger partial charge in [-0.25, -0.2) is 0 Å². The first-order valence-corrected chi connectivity index (χ1v) is 10.6. The van der Waals surface area contributed by atoms with Crippen LogP contribution in [0.4, 0.5) is 0 Å². The summed E-state index contributed by atoms with van der Waals surface area (Å²) in [5, 5.41) is 0. The van der Waals surface area contributed by atoms with Gasteiger partial charge in [-0.1, -0.05) is 36.4 Å². The Morgan fingerprint density at radius 1 is 1.14 bits per heavy atom. The van der Waals surface area contributed by atoms with E-state index in [9.17, 15) is 9.59 Å². The van der Waals surface area contributed by atoms with Crippen LogP contribution in [-0.4, -0.2) is 40.5 Å². The van der Waals surface area contributed by atoms with Gasteiger partial charge in [-0.15, -0.1) is 0 Å². The lowest BCUT2D eigenvalue weighted by Crippen LogP contribution is -2.47. The van der Waals surface area contributed by atoms with Crippen LogP contribution >= 0.6 is 0 Å². The van der Waals surface area contributed by atoms with Crippen molar-refractivity contribution in [1.82, 2.24) is 9.88 Å². The highest BCUT2D eigenvalue weighted by Gasteiger charge is 2.61. The summed E-state index contributed by atoms with van der Waals surface area (Å²) in [6.45, 7) is 2.21. The zero-order valence-corrected chi connectivity index (χ0v) is 16.9. The van der Waals surface area contributed by atoms with E-state index in [1.807, 2.05) is 48.4 Å². The molecule has 2 saturated heterocycles. The summed E-state index contributed by atoms with van der Waals surface area (Å²) >= 11 is 0. The van der Waals surface area contributed by atoms with Crippen molar-refractivity contribution >= 4 is 11.9 Å². The highest BCUT2D eigenvalue weighted by atomic mass is 16.5. The van der Waals surface area contributed by atoms with Gasteiger partial charge in [0.05, 0.1) is 12.0 Å². The lowest BCUT2D eigenvalue weighted by atomic mass is 9.70. The lowest BCUT2D eigenvalue weighted by Gasteiger charge is -2.35. The Balaban J connectivity index is 1.55. The van der Waals surface area contributed by atoms with Crippen molar-refractivity contribution in [3.63, 3.8) is 0 Å². The van der Waals surface area contributed by atoms with Gasteiger partial charge in [0.15, 0.2) is 0 Å². The molecule has 152 valence electrons. The van der Waals surface area contributed by atoms with E-state index in [0.717, 1.165) is 24.0 Å². The van der Waals surface area contributed by atoms with Crippen LogP contribution in [0.3, 0.4) is 0 Å². The van der Waals surface area contributed by atoms with Crippen LogP contribution in [-0.2, 0) is 27.2 Å². The number of ether oxygens (including phenoxy) is 1. The Morgan fingerprint density at radius 3 is 2.66 bits per heavy atom. The highest BCUT2D eigenvalue weighted by Crippen LogP contribution is 2.52. The average Bonchev–Trinajstić information content (AvgIpc) is 3.30. The molecule has 0 radical (unpaired) electrons. The largest absolute Gasteiger partial charge is 0.465 e. The highest BCUT2D eigenvalue weighted by molar-refractivity contribution is 5.84. The molecule has 5 nitrogen and oxygen atoms in total. The quantitative estimate of drug-likeness (QED) is 0.676. The predicted octanol–water partition coefficient (Wildman–Crippen LogP) is 3.57. The second kappa shape index (κ2) is 8.36. The minimum Gasteiger partial charge on any atom is -0.465 e. The fourth-order valence-corrected chi connectivity index (χ4v) is 5.20. The van der Waals surface area contributed by atoms with Crippen LogP contribution in [0.15, 0.2) is 54.9 Å². The Hall–Kier alpha value is -2.69. The molecule has 5 heteroatoms. The Morgan fingerprint density at radius 2 is 1.93 bits per heavy atom. The molecule has 2 aliphatic rings. The molecule has 0 N–H and O–H groups in total. The second-order valence-corrected chi connectivity index (χ2v) is 8.15. The third-order valence-electron chi connectivity index (χ3n) is 6.42. The summed E-state index contributed by atoms with van der Waals surface area (Å²) in [5.74, 6) is -0.0123. The van der Waals surface area contributed by atoms with Gasteiger partial charge < -0.3 is 9.64 Å². The van der Waals surface area contributed by atoms with Crippen molar-refractivity contribution in [2.45, 2.75) is 57.5 Å². The maximum absolute atomic E-state index is 13.2. The second-order valence-electron chi connectivity index (χ2n) is 8.15. The van der Waals surface area contributed by atoms with Crippen molar-refractivity contribution in [3.8, 4) is 0 Å². The smallest absolute Gasteiger partial charge is 0.314 e. The maximum Gasteiger partial charge on any atom is 0.314 e. The number of esters is 1. The molecule has 2 aliphatic heterocycles. The molecule has 1 aromatic carbocycles. The molecule has 3 atom stereocenters. The number of amides is 1. The average molecular weight is 392 g/mol. The van der Waals surface area contributed by atoms with Crippen LogP contribution in [0.5, 0.6) is 0 Å². The molecule has 29 heavy (non-hydrogen) atoms. The summed E-state index contributed by atoms with van der Waals surface area (Å²) in [5.41, 5.74) is 1.55. The van der Waals surface area contributed by atoms with Crippen LogP contribution < -0.4 is 0 Å². The standard InChI is InChI=1S/C24H28N2O3/c1-2-29-23(28)24(15-18-7-4-3-5-8-18)16-20-11-12-21(24)26(20)22(27)13-10-19-9-6-14-25-17-19/h3-9,14,17,20-21H,2,10-13,15-16H2,1H3/t20-,21+,24+/m1/s1. The number of carbonyl (C=O) groups excluding carboxylic acids is 2. The first-order chi connectivity index (χ1) is 14.1. The van der Waals surface area contributed by atoms with Gasteiger partial charge in [-0.3, -0.25) is 14.6 Å². The van der Waals surface area contributed by atoms with Crippen molar-refractivity contribution < 1.29 is 14.3 Å². The van der Waals surface area contributed by atoms with Gasteiger partial charge in [0.1, 0.15) is 0 Å². The van der Waals surface area contributed by atoms with E-state index in [0.29, 0.717) is 32.3 Å². The summed E-state index contributed by atoms with van der Waals surface area (Å²) in [6, 6.07) is 14.0. The fourth-order valence-electron chi connectivity index (χ4n) is 5.20. The number of nitrogens with zero attached hydrogens (tertiary/aromatic N) is 2. The van der Waals surface area contributed by atoms with E-state index in [-0.39, 0.29) is 24.0 Å². The SMILES string of the molecule is CCOC(=O)[C@@]1(Cc2ccccc2)C[C@H]2CC[C@@H]1N2C(=O)CCc1cccnc1. The molecular weight excluding hydrogens is 364 g/mol. The number of fused-ring (bicyclic) bond motifs is 2. The normalized spacial score (nSPS) is 25.2. The zero-order chi connectivity index (χ0) is 20.3. The number of pyridine rings is 1. The molecule has 2 fully saturated rings. The third kappa shape index (κ3) is 3.78. The molecule has 1 aromatic heterocycles. The van der Waals surface area contributed by atoms with Crippen molar-refractivity contribution in [1.29, 1.82) is 0 Å². The number of benzene rings is 1. The topological polar surface area (TPSA) is 59.5 Å². The first-order valence-electron chi connectivity index (χ1n) is 10.6. The van der Waals surface area contributed by atoms with Crippen LogP contribution in [0.25, 0.3) is 0 Å². The van der Waals surface area contributed by atoms with Crippen molar-refractivity contribution in [2.24, 2.45) is 5.41 Å². The fraction of sp³-hybridized carbons (Fsp3) is 0.458. The monoisotopic (exact) mass is 392 g/mol. The minimum absolute atomic E-state index is 0.0758. The molecule has 4 rings (SSSR count). The van der Waals surface area contributed by atoms with Crippen LogP contribution in [0.1, 0.15) is 43.7 Å².